The predicted molar refractivity (Wildman–Crippen MR) is 80.0 cm³/mol. The summed E-state index contributed by atoms with van der Waals surface area (Å²) < 4.78 is 0.847. The average molecular weight is 281 g/mol. The maximum atomic E-state index is 5.98. The van der Waals surface area contributed by atoms with Crippen molar-refractivity contribution in [3.05, 3.63) is 51.2 Å². The van der Waals surface area contributed by atoms with Gasteiger partial charge in [0.2, 0.25) is 0 Å². The number of anilines is 1. The fourth-order valence-corrected chi connectivity index (χ4v) is 2.99. The molecular weight excluding hydrogens is 264 g/mol. The zero-order chi connectivity index (χ0) is 13.0. The smallest absolute Gasteiger partial charge is 0.0931 e. The summed E-state index contributed by atoms with van der Waals surface area (Å²) in [5.41, 5.74) is 8.02. The van der Waals surface area contributed by atoms with Crippen LogP contribution in [0, 0.1) is 0 Å². The second-order valence-corrected chi connectivity index (χ2v) is 6.01. The summed E-state index contributed by atoms with van der Waals surface area (Å²) in [6.07, 6.45) is 0. The third-order valence-corrected chi connectivity index (χ3v) is 4.12. The van der Waals surface area contributed by atoms with Gasteiger partial charge in [-0.2, -0.15) is 0 Å². The summed E-state index contributed by atoms with van der Waals surface area (Å²) in [7, 11) is 0. The molecule has 0 atom stereocenters. The SMILES string of the molecule is CCN(Cc1ccc(Cl)s1)Cc1ccccc1N. The van der Waals surface area contributed by atoms with E-state index in [0.717, 1.165) is 29.7 Å². The first-order valence-corrected chi connectivity index (χ1v) is 7.18. The fourth-order valence-electron chi connectivity index (χ4n) is 1.86. The summed E-state index contributed by atoms with van der Waals surface area (Å²) >= 11 is 7.59. The van der Waals surface area contributed by atoms with Gasteiger partial charge in [-0.3, -0.25) is 4.90 Å². The van der Waals surface area contributed by atoms with E-state index in [9.17, 15) is 0 Å². The van der Waals surface area contributed by atoms with Crippen molar-refractivity contribution in [1.82, 2.24) is 4.90 Å². The number of nitrogens with two attached hydrogens (primary N) is 1. The Labute approximate surface area is 117 Å². The van der Waals surface area contributed by atoms with Crippen molar-refractivity contribution in [3.8, 4) is 0 Å². The van der Waals surface area contributed by atoms with E-state index < -0.39 is 0 Å². The van der Waals surface area contributed by atoms with Crippen LogP contribution < -0.4 is 5.73 Å². The quantitative estimate of drug-likeness (QED) is 0.839. The van der Waals surface area contributed by atoms with Gasteiger partial charge in [-0.15, -0.1) is 11.3 Å². The molecule has 0 radical (unpaired) electrons. The molecule has 0 saturated carbocycles. The Morgan fingerprint density at radius 3 is 2.56 bits per heavy atom. The van der Waals surface area contributed by atoms with Crippen molar-refractivity contribution in [2.45, 2.75) is 20.0 Å². The molecule has 1 aromatic heterocycles. The molecule has 0 unspecified atom stereocenters. The van der Waals surface area contributed by atoms with E-state index in [1.807, 2.05) is 24.3 Å². The minimum Gasteiger partial charge on any atom is -0.398 e. The molecule has 2 aromatic rings. The Morgan fingerprint density at radius 1 is 1.17 bits per heavy atom. The van der Waals surface area contributed by atoms with Gasteiger partial charge < -0.3 is 5.73 Å². The first-order chi connectivity index (χ1) is 8.69. The number of halogens is 1. The van der Waals surface area contributed by atoms with Gasteiger partial charge in [0.15, 0.2) is 0 Å². The van der Waals surface area contributed by atoms with Crippen molar-refractivity contribution in [2.24, 2.45) is 0 Å². The summed E-state index contributed by atoms with van der Waals surface area (Å²) in [4.78, 5) is 3.64. The van der Waals surface area contributed by atoms with E-state index in [2.05, 4.69) is 24.0 Å². The van der Waals surface area contributed by atoms with Gasteiger partial charge in [0.05, 0.1) is 4.34 Å². The van der Waals surface area contributed by atoms with Crippen LogP contribution in [0.5, 0.6) is 0 Å². The van der Waals surface area contributed by atoms with Crippen LogP contribution in [0.1, 0.15) is 17.4 Å². The van der Waals surface area contributed by atoms with E-state index in [1.54, 1.807) is 11.3 Å². The lowest BCUT2D eigenvalue weighted by atomic mass is 10.1. The minimum absolute atomic E-state index is 0.847. The predicted octanol–water partition coefficient (Wildman–Crippen LogP) is 4.01. The number of nitrogen functional groups attached to an aromatic ring is 1. The van der Waals surface area contributed by atoms with Gasteiger partial charge in [-0.25, -0.2) is 0 Å². The number of hydrogen-bond acceptors (Lipinski definition) is 3. The Hall–Kier alpha value is -1.03. The van der Waals surface area contributed by atoms with Gasteiger partial charge in [-0.1, -0.05) is 36.7 Å². The zero-order valence-electron chi connectivity index (χ0n) is 10.4. The molecule has 0 saturated heterocycles. The Balaban J connectivity index is 2.04. The third kappa shape index (κ3) is 3.48. The molecule has 2 nitrogen and oxygen atoms in total. The highest BCUT2D eigenvalue weighted by Gasteiger charge is 2.08. The normalized spacial score (nSPS) is 11.1. The largest absolute Gasteiger partial charge is 0.398 e. The van der Waals surface area contributed by atoms with E-state index >= 15 is 0 Å². The second kappa shape index (κ2) is 6.23. The van der Waals surface area contributed by atoms with Crippen LogP contribution in [0.25, 0.3) is 0 Å². The highest BCUT2D eigenvalue weighted by molar-refractivity contribution is 7.16. The number of rotatable bonds is 5. The molecule has 0 bridgehead atoms. The molecule has 2 N–H and O–H groups in total. The molecular formula is C14H17ClN2S. The number of nitrogens with zero attached hydrogens (tertiary/aromatic N) is 1. The number of hydrogen-bond donors (Lipinski definition) is 1. The van der Waals surface area contributed by atoms with E-state index in [0.29, 0.717) is 0 Å². The van der Waals surface area contributed by atoms with Gasteiger partial charge in [0.25, 0.3) is 0 Å². The van der Waals surface area contributed by atoms with Crippen LogP contribution in [0.4, 0.5) is 5.69 Å². The van der Waals surface area contributed by atoms with Gasteiger partial charge in [0, 0.05) is 23.7 Å². The number of benzene rings is 1. The van der Waals surface area contributed by atoms with Crippen molar-refractivity contribution >= 4 is 28.6 Å². The van der Waals surface area contributed by atoms with Crippen LogP contribution in [0.2, 0.25) is 4.34 Å². The Kier molecular flexibility index (Phi) is 4.64. The number of thiophene rings is 1. The van der Waals surface area contributed by atoms with Crippen molar-refractivity contribution < 1.29 is 0 Å². The summed E-state index contributed by atoms with van der Waals surface area (Å²) in [6.45, 7) is 4.94. The Bertz CT molecular complexity index is 510. The maximum Gasteiger partial charge on any atom is 0.0931 e. The van der Waals surface area contributed by atoms with Crippen LogP contribution in [-0.2, 0) is 13.1 Å². The average Bonchev–Trinajstić information content (AvgIpc) is 2.76. The minimum atomic E-state index is 0.847. The third-order valence-electron chi connectivity index (χ3n) is 2.90. The molecule has 1 aromatic carbocycles. The summed E-state index contributed by atoms with van der Waals surface area (Å²) in [6, 6.07) is 12.1. The van der Waals surface area contributed by atoms with Crippen molar-refractivity contribution in [1.29, 1.82) is 0 Å². The van der Waals surface area contributed by atoms with Crippen molar-refractivity contribution in [3.63, 3.8) is 0 Å². The first-order valence-electron chi connectivity index (χ1n) is 5.99. The van der Waals surface area contributed by atoms with Crippen molar-refractivity contribution in [2.75, 3.05) is 12.3 Å². The van der Waals surface area contributed by atoms with Gasteiger partial charge in [-0.05, 0) is 30.3 Å². The van der Waals surface area contributed by atoms with E-state index in [-0.39, 0.29) is 0 Å². The van der Waals surface area contributed by atoms with Gasteiger partial charge >= 0.3 is 0 Å². The van der Waals surface area contributed by atoms with Gasteiger partial charge in [0.1, 0.15) is 0 Å². The molecule has 0 aliphatic carbocycles. The molecule has 2 rings (SSSR count). The zero-order valence-corrected chi connectivity index (χ0v) is 12.0. The lowest BCUT2D eigenvalue weighted by Gasteiger charge is -2.20. The summed E-state index contributed by atoms with van der Waals surface area (Å²) in [5, 5.41) is 0. The molecule has 0 aliphatic heterocycles. The van der Waals surface area contributed by atoms with E-state index in [4.69, 9.17) is 17.3 Å². The first kappa shape index (κ1) is 13.4. The van der Waals surface area contributed by atoms with E-state index in [1.165, 1.54) is 10.4 Å². The molecule has 96 valence electrons. The highest BCUT2D eigenvalue weighted by Crippen LogP contribution is 2.23. The molecule has 0 spiro atoms. The van der Waals surface area contributed by atoms with Crippen LogP contribution in [-0.4, -0.2) is 11.4 Å². The maximum absolute atomic E-state index is 5.98. The second-order valence-electron chi connectivity index (χ2n) is 4.21. The van der Waals surface area contributed by atoms with Crippen LogP contribution >= 0.6 is 22.9 Å². The molecule has 4 heteroatoms. The Morgan fingerprint density at radius 2 is 1.94 bits per heavy atom. The molecule has 0 aliphatic rings. The lowest BCUT2D eigenvalue weighted by molar-refractivity contribution is 0.274. The van der Waals surface area contributed by atoms with Crippen LogP contribution in [0.3, 0.4) is 0 Å². The standard InChI is InChI=1S/C14H17ClN2S/c1-2-17(10-12-7-8-14(15)18-12)9-11-5-3-4-6-13(11)16/h3-8H,2,9-10,16H2,1H3. The highest BCUT2D eigenvalue weighted by atomic mass is 35.5. The topological polar surface area (TPSA) is 29.3 Å². The summed E-state index contributed by atoms with van der Waals surface area (Å²) in [5.74, 6) is 0. The number of para-hydroxylation sites is 1. The molecule has 0 fully saturated rings. The fraction of sp³-hybridized carbons (Fsp3) is 0.286. The molecule has 0 amide bonds. The molecule has 18 heavy (non-hydrogen) atoms. The lowest BCUT2D eigenvalue weighted by Crippen LogP contribution is -2.22. The monoisotopic (exact) mass is 280 g/mol. The molecule has 1 heterocycles. The van der Waals surface area contributed by atoms with Crippen LogP contribution in [0.15, 0.2) is 36.4 Å².